The molecule has 1 aromatic rings. The van der Waals surface area contributed by atoms with Crippen molar-refractivity contribution in [1.29, 1.82) is 0 Å². The van der Waals surface area contributed by atoms with Crippen LogP contribution < -0.4 is 16.0 Å². The Bertz CT molecular complexity index is 766. The zero-order valence-corrected chi connectivity index (χ0v) is 16.0. The molecule has 0 spiro atoms. The maximum atomic E-state index is 14.6. The van der Waals surface area contributed by atoms with E-state index in [1.54, 1.807) is 0 Å². The van der Waals surface area contributed by atoms with E-state index in [1.807, 2.05) is 0 Å². The number of benzene rings is 1. The van der Waals surface area contributed by atoms with Crippen LogP contribution in [0.2, 0.25) is 5.02 Å². The highest BCUT2D eigenvalue weighted by atomic mass is 35.5. The molecule has 6 nitrogen and oxygen atoms in total. The summed E-state index contributed by atoms with van der Waals surface area (Å²) in [7, 11) is 0. The van der Waals surface area contributed by atoms with E-state index in [9.17, 15) is 23.2 Å². The first-order valence-electron chi connectivity index (χ1n) is 9.38. The fourth-order valence-corrected chi connectivity index (χ4v) is 4.06. The van der Waals surface area contributed by atoms with Crippen molar-refractivity contribution in [2.75, 3.05) is 6.54 Å². The molecule has 3 rings (SSSR count). The van der Waals surface area contributed by atoms with Gasteiger partial charge in [0.1, 0.15) is 11.6 Å². The fraction of sp³-hybridized carbons (Fsp3) is 0.526. The van der Waals surface area contributed by atoms with Crippen LogP contribution in [0.25, 0.3) is 0 Å². The number of nitrogens with one attached hydrogen (secondary N) is 3. The second-order valence-electron chi connectivity index (χ2n) is 7.28. The Labute approximate surface area is 166 Å². The van der Waals surface area contributed by atoms with Gasteiger partial charge in [-0.15, -0.1) is 0 Å². The molecule has 2 atom stereocenters. The van der Waals surface area contributed by atoms with E-state index in [2.05, 4.69) is 16.0 Å². The first-order chi connectivity index (χ1) is 13.4. The molecule has 1 aliphatic heterocycles. The number of hydrogen-bond acceptors (Lipinski definition) is 3. The number of halogens is 3. The minimum atomic E-state index is -0.871. The first-order valence-corrected chi connectivity index (χ1v) is 9.76. The average molecular weight is 414 g/mol. The molecule has 2 fully saturated rings. The number of amides is 4. The highest BCUT2D eigenvalue weighted by molar-refractivity contribution is 6.30. The molecule has 3 N–H and O–H groups in total. The van der Waals surface area contributed by atoms with Crippen molar-refractivity contribution in [3.05, 3.63) is 34.4 Å². The summed E-state index contributed by atoms with van der Waals surface area (Å²) in [6.45, 7) is 0.0306. The van der Waals surface area contributed by atoms with E-state index in [4.69, 9.17) is 11.6 Å². The van der Waals surface area contributed by atoms with Crippen molar-refractivity contribution in [3.8, 4) is 0 Å². The van der Waals surface area contributed by atoms with Crippen molar-refractivity contribution in [1.82, 2.24) is 16.0 Å². The maximum absolute atomic E-state index is 14.6. The normalized spacial score (nSPS) is 22.0. The van der Waals surface area contributed by atoms with Crippen molar-refractivity contribution in [2.24, 2.45) is 11.8 Å². The predicted molar refractivity (Wildman–Crippen MR) is 98.5 cm³/mol. The van der Waals surface area contributed by atoms with Gasteiger partial charge in [-0.25, -0.2) is 13.6 Å². The summed E-state index contributed by atoms with van der Waals surface area (Å²) in [5, 5.41) is 7.16. The van der Waals surface area contributed by atoms with Crippen LogP contribution in [0.4, 0.5) is 13.6 Å². The second-order valence-corrected chi connectivity index (χ2v) is 7.69. The number of rotatable bonds is 4. The van der Waals surface area contributed by atoms with Crippen molar-refractivity contribution >= 4 is 29.4 Å². The highest BCUT2D eigenvalue weighted by Crippen LogP contribution is 2.39. The Balaban J connectivity index is 1.84. The quantitative estimate of drug-likeness (QED) is 0.662. The minimum Gasteiger partial charge on any atom is -0.348 e. The topological polar surface area (TPSA) is 87.3 Å². The molecule has 2 aliphatic rings. The summed E-state index contributed by atoms with van der Waals surface area (Å²) in [6.07, 6.45) is 3.54. The summed E-state index contributed by atoms with van der Waals surface area (Å²) >= 11 is 5.85. The second kappa shape index (κ2) is 8.86. The molecule has 9 heteroatoms. The van der Waals surface area contributed by atoms with Crippen LogP contribution in [0, 0.1) is 23.5 Å². The Morgan fingerprint density at radius 2 is 1.89 bits per heavy atom. The van der Waals surface area contributed by atoms with Gasteiger partial charge in [0.2, 0.25) is 11.8 Å². The third-order valence-electron chi connectivity index (χ3n) is 5.41. The van der Waals surface area contributed by atoms with Crippen LogP contribution in [-0.2, 0) is 9.59 Å². The van der Waals surface area contributed by atoms with Gasteiger partial charge in [0, 0.05) is 18.5 Å². The largest absolute Gasteiger partial charge is 0.348 e. The van der Waals surface area contributed by atoms with E-state index in [-0.39, 0.29) is 35.9 Å². The highest BCUT2D eigenvalue weighted by Gasteiger charge is 2.34. The molecule has 152 valence electrons. The number of urea groups is 1. The smallest absolute Gasteiger partial charge is 0.321 e. The zero-order valence-electron chi connectivity index (χ0n) is 15.2. The van der Waals surface area contributed by atoms with Gasteiger partial charge >= 0.3 is 6.03 Å². The molecular weight excluding hydrogens is 392 g/mol. The third-order valence-corrected chi connectivity index (χ3v) is 5.70. The van der Waals surface area contributed by atoms with E-state index < -0.39 is 41.4 Å². The van der Waals surface area contributed by atoms with Crippen LogP contribution in [0.5, 0.6) is 0 Å². The van der Waals surface area contributed by atoms with E-state index in [0.29, 0.717) is 0 Å². The number of carbonyl (C=O) groups excluding carboxylic acids is 3. The predicted octanol–water partition coefficient (Wildman–Crippen LogP) is 3.20. The Morgan fingerprint density at radius 3 is 2.61 bits per heavy atom. The van der Waals surface area contributed by atoms with Crippen molar-refractivity contribution < 1.29 is 23.2 Å². The van der Waals surface area contributed by atoms with Gasteiger partial charge in [-0.2, -0.15) is 0 Å². The summed E-state index contributed by atoms with van der Waals surface area (Å²) in [5.41, 5.74) is -0.236. The fourth-order valence-electron chi connectivity index (χ4n) is 3.90. The lowest BCUT2D eigenvalue weighted by molar-refractivity contribution is -0.127. The van der Waals surface area contributed by atoms with Crippen LogP contribution in [0.1, 0.15) is 50.1 Å². The Hall–Kier alpha value is -2.22. The first kappa shape index (κ1) is 20.5. The van der Waals surface area contributed by atoms with Gasteiger partial charge in [0.05, 0.1) is 17.0 Å². The molecular formula is C19H22ClF2N3O3. The van der Waals surface area contributed by atoms with E-state index in [1.165, 1.54) is 0 Å². The third kappa shape index (κ3) is 4.60. The van der Waals surface area contributed by atoms with Gasteiger partial charge < -0.3 is 10.6 Å². The van der Waals surface area contributed by atoms with Crippen molar-refractivity contribution in [3.63, 3.8) is 0 Å². The molecule has 0 radical (unpaired) electrons. The molecule has 0 bridgehead atoms. The van der Waals surface area contributed by atoms with Crippen LogP contribution in [-0.4, -0.2) is 24.4 Å². The molecule has 1 aromatic carbocycles. The standard InChI is InChI=1S/C19H22ClF2N3O3/c20-12-6-7-13(21)15(16(12)22)17(10-3-1-2-4-10)25-18(27)11-5-8-14(26)24-19(28)23-9-11/h6-7,10-11,17H,1-5,8-9H2,(H,25,27)(H2,23,24,26,28)/t11-,17+/m1/s1. The molecule has 0 unspecified atom stereocenters. The summed E-state index contributed by atoms with van der Waals surface area (Å²) in [5.74, 6) is -3.35. The van der Waals surface area contributed by atoms with Gasteiger partial charge in [0.15, 0.2) is 0 Å². The summed E-state index contributed by atoms with van der Waals surface area (Å²) in [4.78, 5) is 35.9. The molecule has 1 saturated heterocycles. The van der Waals surface area contributed by atoms with Gasteiger partial charge in [-0.3, -0.25) is 14.9 Å². The SMILES string of the molecule is O=C1CC[C@@H](C(=O)N[C@H](c2c(F)ccc(Cl)c2F)C2CCCC2)CNC(=O)N1. The number of hydrogen-bond donors (Lipinski definition) is 3. The maximum Gasteiger partial charge on any atom is 0.321 e. The van der Waals surface area contributed by atoms with E-state index in [0.717, 1.165) is 37.8 Å². The summed E-state index contributed by atoms with van der Waals surface area (Å²) < 4.78 is 29.1. The molecule has 1 aliphatic carbocycles. The van der Waals surface area contributed by atoms with Gasteiger partial charge in [-0.05, 0) is 37.3 Å². The number of imide groups is 1. The Morgan fingerprint density at radius 1 is 1.18 bits per heavy atom. The van der Waals surface area contributed by atoms with Crippen LogP contribution >= 0.6 is 11.6 Å². The van der Waals surface area contributed by atoms with Gasteiger partial charge in [-0.1, -0.05) is 24.4 Å². The molecule has 1 saturated carbocycles. The molecule has 28 heavy (non-hydrogen) atoms. The molecule has 0 aromatic heterocycles. The molecule has 4 amide bonds. The molecule has 1 heterocycles. The summed E-state index contributed by atoms with van der Waals surface area (Å²) in [6, 6.07) is 0.715. The van der Waals surface area contributed by atoms with Crippen molar-refractivity contribution in [2.45, 2.75) is 44.6 Å². The number of carbonyl (C=O) groups is 3. The Kier molecular flexibility index (Phi) is 6.49. The minimum absolute atomic E-state index is 0.0134. The average Bonchev–Trinajstić information content (AvgIpc) is 3.17. The van der Waals surface area contributed by atoms with Gasteiger partial charge in [0.25, 0.3) is 0 Å². The zero-order chi connectivity index (χ0) is 20.3. The lowest BCUT2D eigenvalue weighted by Gasteiger charge is -2.29. The van der Waals surface area contributed by atoms with Crippen LogP contribution in [0.3, 0.4) is 0 Å². The van der Waals surface area contributed by atoms with Crippen LogP contribution in [0.15, 0.2) is 12.1 Å². The lowest BCUT2D eigenvalue weighted by Crippen LogP contribution is -2.48. The lowest BCUT2D eigenvalue weighted by atomic mass is 9.89. The monoisotopic (exact) mass is 413 g/mol. The van der Waals surface area contributed by atoms with E-state index >= 15 is 0 Å².